The third kappa shape index (κ3) is 4.08. The fourth-order valence-electron chi connectivity index (χ4n) is 1.50. The number of carboxylic acids is 1. The van der Waals surface area contributed by atoms with E-state index in [0.29, 0.717) is 12.1 Å². The molecule has 0 saturated heterocycles. The van der Waals surface area contributed by atoms with Crippen LogP contribution in [0.1, 0.15) is 23.1 Å². The van der Waals surface area contributed by atoms with Crippen LogP contribution < -0.4 is 4.74 Å². The van der Waals surface area contributed by atoms with Crippen LogP contribution in [0, 0.1) is 11.3 Å². The van der Waals surface area contributed by atoms with E-state index in [1.807, 2.05) is 0 Å². The summed E-state index contributed by atoms with van der Waals surface area (Å²) in [5.41, 5.74) is -2.13. The summed E-state index contributed by atoms with van der Waals surface area (Å²) in [5.74, 6) is -2.49. The van der Waals surface area contributed by atoms with Gasteiger partial charge in [0.25, 0.3) is 6.43 Å². The Hall–Kier alpha value is -2.37. The number of halogens is 5. The van der Waals surface area contributed by atoms with Crippen LogP contribution in [-0.4, -0.2) is 17.4 Å². The molecule has 0 aliphatic heterocycles. The van der Waals surface area contributed by atoms with Crippen molar-refractivity contribution < 1.29 is 36.6 Å². The first kappa shape index (κ1) is 15.7. The van der Waals surface area contributed by atoms with Crippen molar-refractivity contribution in [2.75, 3.05) is 0 Å². The Morgan fingerprint density at radius 2 is 2.00 bits per heavy atom. The molecule has 0 amide bonds. The van der Waals surface area contributed by atoms with E-state index < -0.39 is 47.6 Å². The molecule has 1 N–H and O–H groups in total. The van der Waals surface area contributed by atoms with Gasteiger partial charge in [0.05, 0.1) is 18.1 Å². The largest absolute Gasteiger partial charge is 0.573 e. The van der Waals surface area contributed by atoms with Crippen LogP contribution in [0.5, 0.6) is 5.75 Å². The molecule has 4 nitrogen and oxygen atoms in total. The van der Waals surface area contributed by atoms with Crippen LogP contribution in [0.2, 0.25) is 0 Å². The lowest BCUT2D eigenvalue weighted by Crippen LogP contribution is -2.18. The minimum Gasteiger partial charge on any atom is -0.481 e. The van der Waals surface area contributed by atoms with Gasteiger partial charge in [0.15, 0.2) is 0 Å². The summed E-state index contributed by atoms with van der Waals surface area (Å²) in [6.45, 7) is 0. The highest BCUT2D eigenvalue weighted by molar-refractivity contribution is 5.72. The Balaban J connectivity index is 3.39. The van der Waals surface area contributed by atoms with E-state index in [4.69, 9.17) is 10.4 Å². The Morgan fingerprint density at radius 3 is 2.40 bits per heavy atom. The first-order chi connectivity index (χ1) is 9.14. The molecule has 0 saturated carbocycles. The zero-order valence-corrected chi connectivity index (χ0v) is 9.54. The van der Waals surface area contributed by atoms with Crippen LogP contribution in [0.25, 0.3) is 0 Å². The van der Waals surface area contributed by atoms with Crippen molar-refractivity contribution >= 4 is 5.97 Å². The number of alkyl halides is 5. The molecule has 0 fully saturated rings. The topological polar surface area (TPSA) is 70.3 Å². The van der Waals surface area contributed by atoms with Gasteiger partial charge in [-0.05, 0) is 17.7 Å². The van der Waals surface area contributed by atoms with E-state index in [2.05, 4.69) is 4.74 Å². The quantitative estimate of drug-likeness (QED) is 0.867. The van der Waals surface area contributed by atoms with Gasteiger partial charge in [-0.15, -0.1) is 13.2 Å². The number of nitriles is 1. The lowest BCUT2D eigenvalue weighted by Gasteiger charge is -2.14. The molecule has 20 heavy (non-hydrogen) atoms. The summed E-state index contributed by atoms with van der Waals surface area (Å²) >= 11 is 0. The maximum Gasteiger partial charge on any atom is 0.573 e. The molecule has 0 aliphatic rings. The normalized spacial score (nSPS) is 11.2. The number of benzene rings is 1. The predicted octanol–water partition coefficient (Wildman–Crippen LogP) is 3.02. The van der Waals surface area contributed by atoms with Crippen LogP contribution in [-0.2, 0) is 11.2 Å². The third-order valence-electron chi connectivity index (χ3n) is 2.18. The molecule has 0 atom stereocenters. The predicted molar refractivity (Wildman–Crippen MR) is 54.1 cm³/mol. The number of hydrogen-bond donors (Lipinski definition) is 1. The number of carbonyl (C=O) groups is 1. The van der Waals surface area contributed by atoms with Gasteiger partial charge < -0.3 is 9.84 Å². The van der Waals surface area contributed by atoms with Gasteiger partial charge in [-0.2, -0.15) is 5.26 Å². The van der Waals surface area contributed by atoms with E-state index in [-0.39, 0.29) is 0 Å². The van der Waals surface area contributed by atoms with Crippen molar-refractivity contribution in [3.63, 3.8) is 0 Å². The van der Waals surface area contributed by atoms with Gasteiger partial charge in [-0.25, -0.2) is 8.78 Å². The first-order valence-corrected chi connectivity index (χ1v) is 4.96. The van der Waals surface area contributed by atoms with Gasteiger partial charge >= 0.3 is 12.3 Å². The minimum atomic E-state index is -5.11. The van der Waals surface area contributed by atoms with Crippen LogP contribution in [0.4, 0.5) is 22.0 Å². The standard InChI is InChI=1S/C11H6F5NO3/c12-10(13)8-2-6(20-11(14,15)16)1-5(4-17)7(8)3-9(18)19/h1-2,10H,3H2,(H,18,19). The average Bonchev–Trinajstić information content (AvgIpc) is 2.27. The molecule has 108 valence electrons. The van der Waals surface area contributed by atoms with Gasteiger partial charge in [0.2, 0.25) is 0 Å². The number of aliphatic carboxylic acids is 1. The summed E-state index contributed by atoms with van der Waals surface area (Å²) in [5, 5.41) is 17.3. The minimum absolute atomic E-state index is 0.372. The number of carboxylic acid groups (broad SMARTS) is 1. The van der Waals surface area contributed by atoms with Gasteiger partial charge in [-0.3, -0.25) is 4.79 Å². The Labute approximate surface area is 109 Å². The van der Waals surface area contributed by atoms with Crippen molar-refractivity contribution in [2.24, 2.45) is 0 Å². The second-order valence-electron chi connectivity index (χ2n) is 3.57. The molecular weight excluding hydrogens is 289 g/mol. The van der Waals surface area contributed by atoms with Crippen molar-refractivity contribution in [3.05, 3.63) is 28.8 Å². The Morgan fingerprint density at radius 1 is 1.40 bits per heavy atom. The lowest BCUT2D eigenvalue weighted by molar-refractivity contribution is -0.274. The lowest BCUT2D eigenvalue weighted by atomic mass is 9.98. The Bertz CT molecular complexity index is 562. The van der Waals surface area contributed by atoms with Crippen molar-refractivity contribution in [1.82, 2.24) is 0 Å². The van der Waals surface area contributed by atoms with E-state index in [9.17, 15) is 26.7 Å². The smallest absolute Gasteiger partial charge is 0.481 e. The summed E-state index contributed by atoms with van der Waals surface area (Å²) in [7, 11) is 0. The van der Waals surface area contributed by atoms with Crippen LogP contribution >= 0.6 is 0 Å². The molecule has 1 rings (SSSR count). The molecule has 0 spiro atoms. The van der Waals surface area contributed by atoms with Crippen LogP contribution in [0.15, 0.2) is 12.1 Å². The average molecular weight is 295 g/mol. The molecule has 0 heterocycles. The van der Waals surface area contributed by atoms with E-state index in [1.54, 1.807) is 0 Å². The summed E-state index contributed by atoms with van der Waals surface area (Å²) in [6.07, 6.45) is -9.26. The maximum absolute atomic E-state index is 12.8. The molecule has 0 bridgehead atoms. The van der Waals surface area contributed by atoms with Crippen molar-refractivity contribution in [2.45, 2.75) is 19.2 Å². The second kappa shape index (κ2) is 5.73. The summed E-state index contributed by atoms with van der Waals surface area (Å²) < 4.78 is 65.1. The number of hydrogen-bond acceptors (Lipinski definition) is 3. The zero-order valence-electron chi connectivity index (χ0n) is 9.54. The molecule has 1 aromatic carbocycles. The highest BCUT2D eigenvalue weighted by Crippen LogP contribution is 2.33. The van der Waals surface area contributed by atoms with E-state index >= 15 is 0 Å². The molecule has 0 aliphatic carbocycles. The molecular formula is C11H6F5NO3. The molecule has 0 unspecified atom stereocenters. The van der Waals surface area contributed by atoms with Crippen molar-refractivity contribution in [3.8, 4) is 11.8 Å². The van der Waals surface area contributed by atoms with Crippen molar-refractivity contribution in [1.29, 1.82) is 5.26 Å². The highest BCUT2D eigenvalue weighted by atomic mass is 19.4. The number of nitrogens with zero attached hydrogens (tertiary/aromatic N) is 1. The first-order valence-electron chi connectivity index (χ1n) is 4.96. The number of ether oxygens (including phenoxy) is 1. The summed E-state index contributed by atoms with van der Waals surface area (Å²) in [6, 6.07) is 2.32. The second-order valence-corrected chi connectivity index (χ2v) is 3.57. The highest BCUT2D eigenvalue weighted by Gasteiger charge is 2.32. The van der Waals surface area contributed by atoms with Gasteiger partial charge in [0, 0.05) is 5.56 Å². The summed E-state index contributed by atoms with van der Waals surface area (Å²) in [4.78, 5) is 10.6. The fourth-order valence-corrected chi connectivity index (χ4v) is 1.50. The molecule has 1 aromatic rings. The molecule has 9 heteroatoms. The van der Waals surface area contributed by atoms with E-state index in [1.165, 1.54) is 6.07 Å². The maximum atomic E-state index is 12.8. The van der Waals surface area contributed by atoms with Crippen LogP contribution in [0.3, 0.4) is 0 Å². The van der Waals surface area contributed by atoms with E-state index in [0.717, 1.165) is 0 Å². The third-order valence-corrected chi connectivity index (χ3v) is 2.18. The molecule has 0 radical (unpaired) electrons. The van der Waals surface area contributed by atoms with Gasteiger partial charge in [0.1, 0.15) is 5.75 Å². The SMILES string of the molecule is N#Cc1cc(OC(F)(F)F)cc(C(F)F)c1CC(=O)O. The van der Waals surface area contributed by atoms with Gasteiger partial charge in [-0.1, -0.05) is 0 Å². The molecule has 0 aromatic heterocycles. The Kier molecular flexibility index (Phi) is 4.49. The fraction of sp³-hybridized carbons (Fsp3) is 0.273. The zero-order chi connectivity index (χ0) is 15.5. The number of rotatable bonds is 4. The monoisotopic (exact) mass is 295 g/mol.